The highest BCUT2D eigenvalue weighted by molar-refractivity contribution is 5.74. The first kappa shape index (κ1) is 18.0. The van der Waals surface area contributed by atoms with Gasteiger partial charge in [0.05, 0.1) is 24.7 Å². The van der Waals surface area contributed by atoms with E-state index in [9.17, 15) is 9.59 Å². The maximum absolute atomic E-state index is 12.0. The molecule has 0 saturated heterocycles. The number of hydrogen-bond acceptors (Lipinski definition) is 3. The number of nitrogens with one attached hydrogen (secondary N) is 2. The Bertz CT molecular complexity index is 736. The van der Waals surface area contributed by atoms with Crippen molar-refractivity contribution in [1.82, 2.24) is 20.4 Å². The fourth-order valence-corrected chi connectivity index (χ4v) is 3.25. The summed E-state index contributed by atoms with van der Waals surface area (Å²) in [6.07, 6.45) is 4.54. The zero-order chi connectivity index (χ0) is 18.4. The van der Waals surface area contributed by atoms with E-state index in [1.165, 1.54) is 5.56 Å². The Kier molecular flexibility index (Phi) is 5.88. The number of benzene rings is 1. The molecule has 7 nitrogen and oxygen atoms in total. The lowest BCUT2D eigenvalue weighted by Gasteiger charge is -2.26. The van der Waals surface area contributed by atoms with E-state index in [2.05, 4.69) is 15.7 Å². The van der Waals surface area contributed by atoms with Gasteiger partial charge in [-0.1, -0.05) is 30.3 Å². The van der Waals surface area contributed by atoms with Crippen molar-refractivity contribution < 1.29 is 14.7 Å². The molecule has 0 unspecified atom stereocenters. The zero-order valence-electron chi connectivity index (χ0n) is 14.6. The van der Waals surface area contributed by atoms with Crippen molar-refractivity contribution in [2.75, 3.05) is 0 Å². The van der Waals surface area contributed by atoms with Gasteiger partial charge >= 0.3 is 12.0 Å². The number of aliphatic carboxylic acids is 1. The predicted molar refractivity (Wildman–Crippen MR) is 96.5 cm³/mol. The van der Waals surface area contributed by atoms with Gasteiger partial charge in [-0.25, -0.2) is 4.79 Å². The summed E-state index contributed by atoms with van der Waals surface area (Å²) in [5.41, 5.74) is 1.97. The van der Waals surface area contributed by atoms with Gasteiger partial charge in [0.15, 0.2) is 0 Å². The molecule has 3 rings (SSSR count). The molecule has 7 heteroatoms. The van der Waals surface area contributed by atoms with Crippen molar-refractivity contribution in [2.24, 2.45) is 5.92 Å². The van der Waals surface area contributed by atoms with E-state index < -0.39 is 5.97 Å². The molecule has 0 bridgehead atoms. The topological polar surface area (TPSA) is 96.3 Å². The second-order valence-electron chi connectivity index (χ2n) is 6.70. The molecule has 1 aromatic carbocycles. The summed E-state index contributed by atoms with van der Waals surface area (Å²) in [5.74, 6) is -1.01. The van der Waals surface area contributed by atoms with Gasteiger partial charge in [0, 0.05) is 12.2 Å². The minimum atomic E-state index is -0.737. The van der Waals surface area contributed by atoms with Gasteiger partial charge in [0.2, 0.25) is 0 Å². The summed E-state index contributed by atoms with van der Waals surface area (Å²) in [4.78, 5) is 23.0. The Balaban J connectivity index is 1.40. The molecule has 0 atom stereocenters. The van der Waals surface area contributed by atoms with Gasteiger partial charge in [-0.2, -0.15) is 5.10 Å². The van der Waals surface area contributed by atoms with E-state index in [4.69, 9.17) is 5.11 Å². The minimum Gasteiger partial charge on any atom is -0.481 e. The lowest BCUT2D eigenvalue weighted by Crippen LogP contribution is -2.43. The van der Waals surface area contributed by atoms with Crippen molar-refractivity contribution in [3.05, 3.63) is 53.9 Å². The standard InChI is InChI=1S/C19H24N4O3/c24-18(25)15-6-8-16(9-7-15)21-19(26)20-12-17-10-11-23(22-17)13-14-4-2-1-3-5-14/h1-5,10-11,15-16H,6-9,12-13H2,(H,24,25)(H2,20,21,26). The average Bonchev–Trinajstić information content (AvgIpc) is 3.09. The summed E-state index contributed by atoms with van der Waals surface area (Å²) < 4.78 is 1.84. The molecule has 2 aromatic rings. The molecule has 1 saturated carbocycles. The van der Waals surface area contributed by atoms with Crippen LogP contribution in [0.25, 0.3) is 0 Å². The quantitative estimate of drug-likeness (QED) is 0.740. The Morgan fingerprint density at radius 2 is 1.85 bits per heavy atom. The third-order valence-corrected chi connectivity index (χ3v) is 4.72. The molecule has 3 N–H and O–H groups in total. The summed E-state index contributed by atoms with van der Waals surface area (Å²) >= 11 is 0. The normalized spacial score (nSPS) is 19.7. The summed E-state index contributed by atoms with van der Waals surface area (Å²) in [6, 6.07) is 11.8. The smallest absolute Gasteiger partial charge is 0.315 e. The highest BCUT2D eigenvalue weighted by Crippen LogP contribution is 2.24. The van der Waals surface area contributed by atoms with Crippen LogP contribution in [0.2, 0.25) is 0 Å². The molecule has 1 heterocycles. The van der Waals surface area contributed by atoms with E-state index in [-0.39, 0.29) is 18.0 Å². The number of aromatic nitrogens is 2. The van der Waals surface area contributed by atoms with Gasteiger partial charge in [-0.15, -0.1) is 0 Å². The lowest BCUT2D eigenvalue weighted by atomic mass is 9.86. The summed E-state index contributed by atoms with van der Waals surface area (Å²) in [6.45, 7) is 1.05. The first-order chi connectivity index (χ1) is 12.6. The van der Waals surface area contributed by atoms with Gasteiger partial charge in [-0.3, -0.25) is 9.48 Å². The zero-order valence-corrected chi connectivity index (χ0v) is 14.6. The number of nitrogens with zero attached hydrogens (tertiary/aromatic N) is 2. The SMILES string of the molecule is O=C(NCc1ccn(Cc2ccccc2)n1)NC1CCC(C(=O)O)CC1. The monoisotopic (exact) mass is 356 g/mol. The van der Waals surface area contributed by atoms with Crippen LogP contribution in [0.5, 0.6) is 0 Å². The van der Waals surface area contributed by atoms with Gasteiger partial charge in [0.25, 0.3) is 0 Å². The Labute approximate surface area is 152 Å². The summed E-state index contributed by atoms with van der Waals surface area (Å²) in [7, 11) is 0. The van der Waals surface area contributed by atoms with E-state index in [0.29, 0.717) is 38.8 Å². The van der Waals surface area contributed by atoms with Gasteiger partial charge < -0.3 is 15.7 Å². The van der Waals surface area contributed by atoms with Crippen LogP contribution in [0.1, 0.15) is 36.9 Å². The molecular weight excluding hydrogens is 332 g/mol. The number of rotatable bonds is 6. The maximum atomic E-state index is 12.0. The highest BCUT2D eigenvalue weighted by Gasteiger charge is 2.26. The number of carbonyl (C=O) groups is 2. The molecule has 1 fully saturated rings. The van der Waals surface area contributed by atoms with Crippen LogP contribution >= 0.6 is 0 Å². The minimum absolute atomic E-state index is 0.0428. The Morgan fingerprint density at radius 3 is 2.54 bits per heavy atom. The van der Waals surface area contributed by atoms with Crippen LogP contribution < -0.4 is 10.6 Å². The van der Waals surface area contributed by atoms with E-state index in [1.54, 1.807) is 0 Å². The van der Waals surface area contributed by atoms with Crippen LogP contribution in [0.15, 0.2) is 42.6 Å². The van der Waals surface area contributed by atoms with Crippen molar-refractivity contribution in [3.8, 4) is 0 Å². The Morgan fingerprint density at radius 1 is 1.12 bits per heavy atom. The molecule has 26 heavy (non-hydrogen) atoms. The van der Waals surface area contributed by atoms with E-state index in [1.807, 2.05) is 47.3 Å². The lowest BCUT2D eigenvalue weighted by molar-refractivity contribution is -0.142. The van der Waals surface area contributed by atoms with Gasteiger partial charge in [-0.05, 0) is 37.3 Å². The van der Waals surface area contributed by atoms with Crippen LogP contribution in [-0.2, 0) is 17.9 Å². The highest BCUT2D eigenvalue weighted by atomic mass is 16.4. The molecule has 138 valence electrons. The van der Waals surface area contributed by atoms with Crippen LogP contribution in [0, 0.1) is 5.92 Å². The largest absolute Gasteiger partial charge is 0.481 e. The van der Waals surface area contributed by atoms with Crippen molar-refractivity contribution >= 4 is 12.0 Å². The van der Waals surface area contributed by atoms with Crippen LogP contribution in [0.3, 0.4) is 0 Å². The van der Waals surface area contributed by atoms with Crippen LogP contribution in [-0.4, -0.2) is 32.9 Å². The third-order valence-electron chi connectivity index (χ3n) is 4.72. The average molecular weight is 356 g/mol. The fourth-order valence-electron chi connectivity index (χ4n) is 3.25. The molecule has 1 aromatic heterocycles. The van der Waals surface area contributed by atoms with E-state index >= 15 is 0 Å². The van der Waals surface area contributed by atoms with Crippen molar-refractivity contribution in [3.63, 3.8) is 0 Å². The third kappa shape index (κ3) is 5.08. The van der Waals surface area contributed by atoms with Crippen LogP contribution in [0.4, 0.5) is 4.79 Å². The van der Waals surface area contributed by atoms with Crippen molar-refractivity contribution in [1.29, 1.82) is 0 Å². The van der Waals surface area contributed by atoms with Gasteiger partial charge in [0.1, 0.15) is 0 Å². The molecule has 2 amide bonds. The first-order valence-electron chi connectivity index (χ1n) is 8.93. The summed E-state index contributed by atoms with van der Waals surface area (Å²) in [5, 5.41) is 19.2. The predicted octanol–water partition coefficient (Wildman–Crippen LogP) is 2.37. The molecule has 0 aliphatic heterocycles. The first-order valence-corrected chi connectivity index (χ1v) is 8.93. The van der Waals surface area contributed by atoms with Crippen molar-refractivity contribution in [2.45, 2.75) is 44.8 Å². The molecule has 0 radical (unpaired) electrons. The number of carboxylic acid groups (broad SMARTS) is 1. The second kappa shape index (κ2) is 8.51. The molecule has 1 aliphatic rings. The number of urea groups is 1. The molecule has 1 aliphatic carbocycles. The van der Waals surface area contributed by atoms with E-state index in [0.717, 1.165) is 5.69 Å². The fraction of sp³-hybridized carbons (Fsp3) is 0.421. The second-order valence-corrected chi connectivity index (χ2v) is 6.70. The number of carbonyl (C=O) groups excluding carboxylic acids is 1. The molecular formula is C19H24N4O3. The number of hydrogen-bond donors (Lipinski definition) is 3. The maximum Gasteiger partial charge on any atom is 0.315 e. The number of carboxylic acids is 1. The molecule has 0 spiro atoms. The Hall–Kier alpha value is -2.83. The number of amides is 2.